The number of nitrogens with zero attached hydrogens (tertiary/aromatic N) is 2. The van der Waals surface area contributed by atoms with Gasteiger partial charge in [-0.3, -0.25) is 14.3 Å². The van der Waals surface area contributed by atoms with Crippen LogP contribution in [-0.4, -0.2) is 34.7 Å². The molecule has 2 amide bonds. The van der Waals surface area contributed by atoms with Crippen LogP contribution in [0.2, 0.25) is 0 Å². The number of carbonyl (C=O) groups is 2. The summed E-state index contributed by atoms with van der Waals surface area (Å²) in [4.78, 5) is 25.1. The molecule has 3 aromatic rings. The molecular formula is C25H28N4O2. The maximum atomic E-state index is 12.9. The molecule has 1 aliphatic rings. The molecule has 0 unspecified atom stereocenters. The summed E-state index contributed by atoms with van der Waals surface area (Å²) in [5.74, 6) is 0.0530. The molecular weight excluding hydrogens is 388 g/mol. The minimum atomic E-state index is -0.187. The highest BCUT2D eigenvalue weighted by Crippen LogP contribution is 2.24. The van der Waals surface area contributed by atoms with Gasteiger partial charge in [0.2, 0.25) is 5.91 Å². The van der Waals surface area contributed by atoms with Gasteiger partial charge < -0.3 is 10.6 Å². The van der Waals surface area contributed by atoms with Gasteiger partial charge in [-0.05, 0) is 18.4 Å². The number of rotatable bonds is 8. The Morgan fingerprint density at radius 2 is 1.55 bits per heavy atom. The molecule has 160 valence electrons. The Bertz CT molecular complexity index is 1010. The molecule has 0 saturated heterocycles. The van der Waals surface area contributed by atoms with Crippen molar-refractivity contribution in [1.82, 2.24) is 20.4 Å². The lowest BCUT2D eigenvalue weighted by Gasteiger charge is -2.11. The number of carbonyl (C=O) groups excluding carboxylic acids is 2. The van der Waals surface area contributed by atoms with Crippen molar-refractivity contribution in [1.29, 1.82) is 0 Å². The molecule has 1 fully saturated rings. The topological polar surface area (TPSA) is 76.0 Å². The first-order valence-corrected chi connectivity index (χ1v) is 10.9. The van der Waals surface area contributed by atoms with Crippen LogP contribution in [0.4, 0.5) is 0 Å². The third-order valence-electron chi connectivity index (χ3n) is 5.68. The van der Waals surface area contributed by atoms with Crippen molar-refractivity contribution in [2.24, 2.45) is 5.92 Å². The average Bonchev–Trinajstić information content (AvgIpc) is 3.48. The van der Waals surface area contributed by atoms with E-state index in [-0.39, 0.29) is 17.7 Å². The minimum absolute atomic E-state index is 0.104. The molecule has 0 radical (unpaired) electrons. The zero-order chi connectivity index (χ0) is 21.5. The zero-order valence-corrected chi connectivity index (χ0v) is 17.6. The highest BCUT2D eigenvalue weighted by atomic mass is 16.2. The first-order valence-electron chi connectivity index (χ1n) is 10.9. The second-order valence-corrected chi connectivity index (χ2v) is 7.97. The third-order valence-corrected chi connectivity index (χ3v) is 5.68. The Morgan fingerprint density at radius 1 is 0.903 bits per heavy atom. The van der Waals surface area contributed by atoms with Crippen LogP contribution in [0.15, 0.2) is 66.9 Å². The first kappa shape index (κ1) is 20.8. The third kappa shape index (κ3) is 5.40. The van der Waals surface area contributed by atoms with E-state index in [0.717, 1.165) is 36.8 Å². The molecule has 1 aliphatic carbocycles. The van der Waals surface area contributed by atoms with Gasteiger partial charge in [-0.2, -0.15) is 5.10 Å². The standard InChI is InChI=1S/C25H28N4O2/c30-24(21-13-7-8-14-21)26-15-16-27-25(31)22-18-29(17-19-9-3-1-4-10-19)28-23(22)20-11-5-2-6-12-20/h1-6,9-12,18,21H,7-8,13-17H2,(H,26,30)(H,27,31). The van der Waals surface area contributed by atoms with E-state index in [9.17, 15) is 9.59 Å². The molecule has 0 atom stereocenters. The SMILES string of the molecule is O=C(NCCNC(=O)C1CCCC1)c1cn(Cc2ccccc2)nc1-c1ccccc1. The summed E-state index contributed by atoms with van der Waals surface area (Å²) in [7, 11) is 0. The van der Waals surface area contributed by atoms with E-state index in [4.69, 9.17) is 5.10 Å². The van der Waals surface area contributed by atoms with Crippen LogP contribution in [0.1, 0.15) is 41.6 Å². The molecule has 2 N–H and O–H groups in total. The average molecular weight is 417 g/mol. The van der Waals surface area contributed by atoms with E-state index >= 15 is 0 Å². The van der Waals surface area contributed by atoms with E-state index in [1.54, 1.807) is 10.9 Å². The van der Waals surface area contributed by atoms with Crippen LogP contribution in [-0.2, 0) is 11.3 Å². The highest BCUT2D eigenvalue weighted by molar-refractivity contribution is 5.99. The molecule has 0 spiro atoms. The lowest BCUT2D eigenvalue weighted by atomic mass is 10.1. The zero-order valence-electron chi connectivity index (χ0n) is 17.6. The Kier molecular flexibility index (Phi) is 6.77. The van der Waals surface area contributed by atoms with Crippen LogP contribution in [0.5, 0.6) is 0 Å². The molecule has 6 heteroatoms. The van der Waals surface area contributed by atoms with Gasteiger partial charge in [0.15, 0.2) is 0 Å². The smallest absolute Gasteiger partial charge is 0.255 e. The fourth-order valence-electron chi connectivity index (χ4n) is 4.04. The van der Waals surface area contributed by atoms with Crippen molar-refractivity contribution < 1.29 is 9.59 Å². The summed E-state index contributed by atoms with van der Waals surface area (Å²) in [5, 5.41) is 10.6. The Balaban J connectivity index is 1.42. The Hall–Kier alpha value is -3.41. The van der Waals surface area contributed by atoms with E-state index in [1.807, 2.05) is 60.7 Å². The highest BCUT2D eigenvalue weighted by Gasteiger charge is 2.22. The van der Waals surface area contributed by atoms with Gasteiger partial charge in [-0.1, -0.05) is 73.5 Å². The molecule has 31 heavy (non-hydrogen) atoms. The number of hydrogen-bond donors (Lipinski definition) is 2. The van der Waals surface area contributed by atoms with E-state index in [1.165, 1.54) is 0 Å². The fourth-order valence-corrected chi connectivity index (χ4v) is 4.04. The molecule has 0 bridgehead atoms. The number of hydrogen-bond acceptors (Lipinski definition) is 3. The van der Waals surface area contributed by atoms with Gasteiger partial charge >= 0.3 is 0 Å². The van der Waals surface area contributed by atoms with Gasteiger partial charge in [-0.15, -0.1) is 0 Å². The molecule has 0 aliphatic heterocycles. The number of aromatic nitrogens is 2. The van der Waals surface area contributed by atoms with Crippen LogP contribution < -0.4 is 10.6 Å². The van der Waals surface area contributed by atoms with Crippen LogP contribution in [0.3, 0.4) is 0 Å². The maximum absolute atomic E-state index is 12.9. The molecule has 4 rings (SSSR count). The number of nitrogens with one attached hydrogen (secondary N) is 2. The summed E-state index contributed by atoms with van der Waals surface area (Å²) in [6.45, 7) is 1.40. The summed E-state index contributed by atoms with van der Waals surface area (Å²) < 4.78 is 1.80. The Morgan fingerprint density at radius 3 is 2.26 bits per heavy atom. The van der Waals surface area contributed by atoms with E-state index in [2.05, 4.69) is 10.6 Å². The van der Waals surface area contributed by atoms with Gasteiger partial charge in [0, 0.05) is 30.8 Å². The predicted octanol–water partition coefficient (Wildman–Crippen LogP) is 3.63. The lowest BCUT2D eigenvalue weighted by Crippen LogP contribution is -2.37. The van der Waals surface area contributed by atoms with E-state index in [0.29, 0.717) is 30.9 Å². The number of benzene rings is 2. The van der Waals surface area contributed by atoms with Crippen LogP contribution in [0.25, 0.3) is 11.3 Å². The number of amides is 2. The predicted molar refractivity (Wildman–Crippen MR) is 121 cm³/mol. The second-order valence-electron chi connectivity index (χ2n) is 7.97. The van der Waals surface area contributed by atoms with Crippen molar-refractivity contribution >= 4 is 11.8 Å². The van der Waals surface area contributed by atoms with Crippen molar-refractivity contribution in [3.8, 4) is 11.3 Å². The molecule has 6 nitrogen and oxygen atoms in total. The van der Waals surface area contributed by atoms with Gasteiger partial charge in [0.05, 0.1) is 12.1 Å². The van der Waals surface area contributed by atoms with Crippen molar-refractivity contribution in [2.45, 2.75) is 32.2 Å². The first-order chi connectivity index (χ1) is 15.2. The Labute approximate surface area is 182 Å². The van der Waals surface area contributed by atoms with Gasteiger partial charge in [0.25, 0.3) is 5.91 Å². The van der Waals surface area contributed by atoms with Crippen LogP contribution >= 0.6 is 0 Å². The molecule has 2 aromatic carbocycles. The van der Waals surface area contributed by atoms with E-state index < -0.39 is 0 Å². The van der Waals surface area contributed by atoms with Gasteiger partial charge in [-0.25, -0.2) is 0 Å². The quantitative estimate of drug-likeness (QED) is 0.551. The summed E-state index contributed by atoms with van der Waals surface area (Å²) in [6, 6.07) is 19.8. The fraction of sp³-hybridized carbons (Fsp3) is 0.320. The van der Waals surface area contributed by atoms with Crippen molar-refractivity contribution in [3.05, 3.63) is 78.0 Å². The molecule has 1 heterocycles. The lowest BCUT2D eigenvalue weighted by molar-refractivity contribution is -0.124. The largest absolute Gasteiger partial charge is 0.354 e. The van der Waals surface area contributed by atoms with Crippen molar-refractivity contribution in [3.63, 3.8) is 0 Å². The maximum Gasteiger partial charge on any atom is 0.255 e. The molecule has 1 saturated carbocycles. The minimum Gasteiger partial charge on any atom is -0.354 e. The monoisotopic (exact) mass is 416 g/mol. The summed E-state index contributed by atoms with van der Waals surface area (Å²) >= 11 is 0. The van der Waals surface area contributed by atoms with Crippen molar-refractivity contribution in [2.75, 3.05) is 13.1 Å². The summed E-state index contributed by atoms with van der Waals surface area (Å²) in [5.41, 5.74) is 3.20. The molecule has 1 aromatic heterocycles. The van der Waals surface area contributed by atoms with Crippen LogP contribution in [0, 0.1) is 5.92 Å². The van der Waals surface area contributed by atoms with Gasteiger partial charge in [0.1, 0.15) is 5.69 Å². The second kappa shape index (κ2) is 10.1. The normalized spacial score (nSPS) is 13.8. The summed E-state index contributed by atoms with van der Waals surface area (Å²) in [6.07, 6.45) is 5.99.